The number of hydrogen-bond donors (Lipinski definition) is 2. The Morgan fingerprint density at radius 2 is 1.64 bits per heavy atom. The summed E-state index contributed by atoms with van der Waals surface area (Å²) in [4.78, 5) is 85.7. The summed E-state index contributed by atoms with van der Waals surface area (Å²) >= 11 is 0. The molecule has 6 amide bonds. The van der Waals surface area contributed by atoms with E-state index in [-0.39, 0.29) is 41.7 Å². The lowest BCUT2D eigenvalue weighted by molar-refractivity contribution is -0.122. The van der Waals surface area contributed by atoms with Gasteiger partial charge in [-0.2, -0.15) is 9.99 Å². The Morgan fingerprint density at radius 3 is 2.34 bits per heavy atom. The molecule has 3 aromatic heterocycles. The molecule has 0 atom stereocenters. The predicted molar refractivity (Wildman–Crippen MR) is 216 cm³/mol. The fourth-order valence-corrected chi connectivity index (χ4v) is 9.14. The molecule has 18 heteroatoms. The number of urea groups is 1. The summed E-state index contributed by atoms with van der Waals surface area (Å²) < 4.78 is 18.0. The molecule has 7 heterocycles. The molecule has 4 fully saturated rings. The van der Waals surface area contributed by atoms with Crippen molar-refractivity contribution in [3.8, 4) is 0 Å². The molecule has 308 valence electrons. The van der Waals surface area contributed by atoms with Crippen LogP contribution in [0.3, 0.4) is 0 Å². The number of anilines is 4. The number of benzene rings is 1. The van der Waals surface area contributed by atoms with Gasteiger partial charge in [-0.05, 0) is 61.9 Å². The molecule has 0 radical (unpaired) electrons. The number of carbonyl (C=O) groups excluding carboxylic acids is 5. The van der Waals surface area contributed by atoms with E-state index in [1.54, 1.807) is 25.2 Å². The zero-order chi connectivity index (χ0) is 40.9. The van der Waals surface area contributed by atoms with Crippen molar-refractivity contribution in [1.82, 2.24) is 44.7 Å². The zero-order valence-corrected chi connectivity index (χ0v) is 33.2. The van der Waals surface area contributed by atoms with Crippen LogP contribution in [-0.4, -0.2) is 135 Å². The quantitative estimate of drug-likeness (QED) is 0.233. The minimum atomic E-state index is -0.912. The second-order valence-corrected chi connectivity index (χ2v) is 16.2. The monoisotopic (exact) mass is 806 g/mol. The number of carbonyl (C=O) groups is 5. The Bertz CT molecular complexity index is 2330. The molecular weight excluding hydrogens is 760 g/mol. The molecule has 1 saturated carbocycles. The molecule has 5 aliphatic rings. The lowest BCUT2D eigenvalue weighted by atomic mass is 9.95. The molecule has 4 aromatic rings. The van der Waals surface area contributed by atoms with Crippen molar-refractivity contribution in [1.29, 1.82) is 0 Å². The second-order valence-electron chi connectivity index (χ2n) is 16.2. The van der Waals surface area contributed by atoms with E-state index < -0.39 is 29.6 Å². The van der Waals surface area contributed by atoms with Crippen LogP contribution >= 0.6 is 0 Å². The zero-order valence-electron chi connectivity index (χ0n) is 33.2. The van der Waals surface area contributed by atoms with Gasteiger partial charge in [0.25, 0.3) is 17.7 Å². The average molecular weight is 807 g/mol. The maximum Gasteiger partial charge on any atom is 0.343 e. The number of rotatable bonds is 9. The van der Waals surface area contributed by atoms with Crippen LogP contribution in [0.25, 0.3) is 11.0 Å². The van der Waals surface area contributed by atoms with Gasteiger partial charge in [0.1, 0.15) is 17.2 Å². The van der Waals surface area contributed by atoms with E-state index in [9.17, 15) is 24.0 Å². The number of pyridine rings is 1. The third-order valence-electron chi connectivity index (χ3n) is 12.3. The molecule has 59 heavy (non-hydrogen) atoms. The molecule has 4 aliphatic heterocycles. The Kier molecular flexibility index (Phi) is 10.1. The Morgan fingerprint density at radius 1 is 0.881 bits per heavy atom. The highest BCUT2D eigenvalue weighted by molar-refractivity contribution is 6.22. The SMILES string of the molecule is CN(C)C(=O)c1cc2cnc(Nc3ccc(N4CCC(CN5CCN(c6ccc7c(c6F)C(=O)N(N6CCC(=O)NC6=O)C7=O)CC5)CC4)cn3)nc2n1C1CCCC1. The summed E-state index contributed by atoms with van der Waals surface area (Å²) in [7, 11) is 3.53. The van der Waals surface area contributed by atoms with Crippen LogP contribution in [0.4, 0.5) is 32.3 Å². The number of piperidine rings is 1. The maximum atomic E-state index is 15.9. The number of piperazine rings is 1. The lowest BCUT2D eigenvalue weighted by Crippen LogP contribution is -2.58. The van der Waals surface area contributed by atoms with Gasteiger partial charge in [0.2, 0.25) is 11.9 Å². The number of amides is 6. The Balaban J connectivity index is 0.771. The van der Waals surface area contributed by atoms with Gasteiger partial charge in [-0.15, -0.1) is 0 Å². The highest BCUT2D eigenvalue weighted by atomic mass is 19.1. The van der Waals surface area contributed by atoms with Crippen LogP contribution in [0, 0.1) is 11.7 Å². The fourth-order valence-electron chi connectivity index (χ4n) is 9.14. The van der Waals surface area contributed by atoms with E-state index in [1.807, 2.05) is 23.2 Å². The van der Waals surface area contributed by atoms with E-state index in [0.717, 1.165) is 93.0 Å². The van der Waals surface area contributed by atoms with E-state index in [4.69, 9.17) is 4.98 Å². The van der Waals surface area contributed by atoms with Gasteiger partial charge in [0, 0.05) is 84.0 Å². The van der Waals surface area contributed by atoms with Crippen molar-refractivity contribution < 1.29 is 28.4 Å². The third-order valence-corrected chi connectivity index (χ3v) is 12.3. The Hall–Kier alpha value is -6.17. The van der Waals surface area contributed by atoms with Crippen LogP contribution in [-0.2, 0) is 4.79 Å². The van der Waals surface area contributed by atoms with Crippen molar-refractivity contribution in [2.24, 2.45) is 5.92 Å². The van der Waals surface area contributed by atoms with Gasteiger partial charge in [-0.25, -0.2) is 24.2 Å². The van der Waals surface area contributed by atoms with Gasteiger partial charge >= 0.3 is 6.03 Å². The molecule has 0 unspecified atom stereocenters. The molecular formula is C41H47FN12O5. The first-order valence-corrected chi connectivity index (χ1v) is 20.4. The summed E-state index contributed by atoms with van der Waals surface area (Å²) in [5, 5.41) is 7.69. The number of aromatic nitrogens is 4. The number of hydrogen-bond acceptors (Lipinski definition) is 12. The van der Waals surface area contributed by atoms with Crippen molar-refractivity contribution in [3.63, 3.8) is 0 Å². The summed E-state index contributed by atoms with van der Waals surface area (Å²) in [5.74, 6) is -1.44. The lowest BCUT2D eigenvalue weighted by Gasteiger charge is -2.40. The van der Waals surface area contributed by atoms with Gasteiger partial charge in [-0.3, -0.25) is 29.4 Å². The number of imide groups is 2. The molecule has 1 aliphatic carbocycles. The number of fused-ring (bicyclic) bond motifs is 2. The normalized spacial score (nSPS) is 19.6. The number of nitrogens with one attached hydrogen (secondary N) is 2. The fraction of sp³-hybridized carbons (Fsp3) is 0.463. The first-order valence-electron chi connectivity index (χ1n) is 20.4. The standard InChI is InChI=1S/C41H47FN12O5/c1-48(2)38(57)31-21-26-22-44-40(47-36(26)53(31)27-5-3-4-6-27)45-32-10-7-28(23-43-32)50-14-11-25(12-15-50)24-49-17-19-51(20-18-49)30-9-8-29-34(35(30)42)39(58)54(37(29)56)52-16-13-33(55)46-41(52)59/h7-10,21-23,25,27H,3-6,11-20,24H2,1-2H3,(H,46,55,59)(H,43,44,45,47). The van der Waals surface area contributed by atoms with Crippen LogP contribution in [0.15, 0.2) is 42.7 Å². The topological polar surface area (TPSA) is 172 Å². The van der Waals surface area contributed by atoms with E-state index in [2.05, 4.69) is 41.0 Å². The molecule has 9 rings (SSSR count). The first kappa shape index (κ1) is 38.4. The molecule has 1 aromatic carbocycles. The highest BCUT2D eigenvalue weighted by Crippen LogP contribution is 2.36. The smallest absolute Gasteiger partial charge is 0.343 e. The van der Waals surface area contributed by atoms with Crippen LogP contribution < -0.4 is 20.4 Å². The van der Waals surface area contributed by atoms with Gasteiger partial charge < -0.3 is 24.6 Å². The van der Waals surface area contributed by atoms with Gasteiger partial charge in [0.15, 0.2) is 5.82 Å². The number of nitrogens with zero attached hydrogens (tertiary/aromatic N) is 10. The number of hydrazine groups is 1. The highest BCUT2D eigenvalue weighted by Gasteiger charge is 2.45. The van der Waals surface area contributed by atoms with Crippen LogP contribution in [0.5, 0.6) is 0 Å². The predicted octanol–water partition coefficient (Wildman–Crippen LogP) is 4.02. The van der Waals surface area contributed by atoms with Crippen LogP contribution in [0.1, 0.15) is 82.2 Å². The van der Waals surface area contributed by atoms with Crippen molar-refractivity contribution in [2.75, 3.05) is 81.6 Å². The summed E-state index contributed by atoms with van der Waals surface area (Å²) in [6, 6.07) is 8.22. The van der Waals surface area contributed by atoms with E-state index >= 15 is 4.39 Å². The van der Waals surface area contributed by atoms with E-state index in [0.29, 0.717) is 41.5 Å². The van der Waals surface area contributed by atoms with E-state index in [1.165, 1.54) is 12.1 Å². The average Bonchev–Trinajstić information content (AvgIpc) is 3.96. The Labute approximate surface area is 340 Å². The minimum absolute atomic E-state index is 0.0433. The van der Waals surface area contributed by atoms with Gasteiger partial charge in [-0.1, -0.05) is 12.8 Å². The first-order chi connectivity index (χ1) is 28.5. The summed E-state index contributed by atoms with van der Waals surface area (Å²) in [5.41, 5.74) is 2.25. The van der Waals surface area contributed by atoms with Crippen LogP contribution in [0.2, 0.25) is 0 Å². The molecule has 3 saturated heterocycles. The third kappa shape index (κ3) is 7.19. The molecule has 2 N–H and O–H groups in total. The van der Waals surface area contributed by atoms with Crippen molar-refractivity contribution in [2.45, 2.75) is 51.0 Å². The summed E-state index contributed by atoms with van der Waals surface area (Å²) in [6.45, 7) is 5.19. The second kappa shape index (κ2) is 15.5. The largest absolute Gasteiger partial charge is 0.370 e. The number of halogens is 1. The van der Waals surface area contributed by atoms with Crippen molar-refractivity contribution >= 4 is 63.8 Å². The minimum Gasteiger partial charge on any atom is -0.370 e. The van der Waals surface area contributed by atoms with Crippen molar-refractivity contribution in [3.05, 3.63) is 65.4 Å². The summed E-state index contributed by atoms with van der Waals surface area (Å²) in [6.07, 6.45) is 9.94. The van der Waals surface area contributed by atoms with Gasteiger partial charge in [0.05, 0.1) is 35.2 Å². The molecule has 0 spiro atoms. The molecule has 0 bridgehead atoms. The molecule has 17 nitrogen and oxygen atoms in total. The maximum absolute atomic E-state index is 15.9.